The monoisotopic (exact) mass is 281 g/mol. The molecule has 108 valence electrons. The fraction of sp³-hybridized carbons (Fsp3) is 0.647. The summed E-state index contributed by atoms with van der Waals surface area (Å²) in [5, 5.41) is 0. The Hall–Kier alpha value is -0.530. The lowest BCUT2D eigenvalue weighted by Crippen LogP contribution is -2.13. The van der Waals surface area contributed by atoms with E-state index < -0.39 is 0 Å². The van der Waals surface area contributed by atoms with E-state index in [9.17, 15) is 0 Å². The van der Waals surface area contributed by atoms with Gasteiger partial charge in [0.1, 0.15) is 0 Å². The van der Waals surface area contributed by atoms with E-state index >= 15 is 0 Å². The average molecular weight is 282 g/mol. The van der Waals surface area contributed by atoms with E-state index in [-0.39, 0.29) is 0 Å². The van der Waals surface area contributed by atoms with Gasteiger partial charge in [0.15, 0.2) is 0 Å². The molecule has 0 amide bonds. The zero-order valence-corrected chi connectivity index (χ0v) is 13.0. The maximum absolute atomic E-state index is 6.23. The maximum atomic E-state index is 6.23. The van der Waals surface area contributed by atoms with E-state index in [1.165, 1.54) is 56.9 Å². The van der Waals surface area contributed by atoms with Gasteiger partial charge < -0.3 is 0 Å². The van der Waals surface area contributed by atoms with Gasteiger partial charge in [-0.2, -0.15) is 0 Å². The van der Waals surface area contributed by atoms with Crippen molar-refractivity contribution >= 4 is 11.8 Å². The van der Waals surface area contributed by atoms with Crippen LogP contribution in [0.15, 0.2) is 30.3 Å². The molecule has 0 aliphatic rings. The molecule has 0 N–H and O–H groups in total. The summed E-state index contributed by atoms with van der Waals surface area (Å²) in [6.07, 6.45) is 10.8. The Morgan fingerprint density at radius 1 is 0.842 bits per heavy atom. The van der Waals surface area contributed by atoms with Gasteiger partial charge in [-0.15, -0.1) is 0 Å². The highest BCUT2D eigenvalue weighted by atomic mass is 35.5. The van der Waals surface area contributed by atoms with E-state index in [0.717, 1.165) is 13.1 Å². The summed E-state index contributed by atoms with van der Waals surface area (Å²) in [6.45, 7) is 4.10. The molecule has 0 fully saturated rings. The molecule has 0 aromatic heterocycles. The molecule has 0 aliphatic heterocycles. The third-order valence-corrected chi connectivity index (χ3v) is 3.74. The lowest BCUT2D eigenvalue weighted by atomic mass is 10.1. The second-order valence-electron chi connectivity index (χ2n) is 5.30. The molecule has 0 atom stereocenters. The molecule has 0 heterocycles. The molecule has 1 rings (SSSR count). The number of halogens is 1. The minimum Gasteiger partial charge on any atom is -0.216 e. The van der Waals surface area contributed by atoms with Crippen molar-refractivity contribution in [1.29, 1.82) is 0 Å². The summed E-state index contributed by atoms with van der Waals surface area (Å²) in [4.78, 5) is 0. The van der Waals surface area contributed by atoms with Gasteiger partial charge in [0, 0.05) is 13.1 Å². The number of hydrogen-bond donors (Lipinski definition) is 0. The van der Waals surface area contributed by atoms with Crippen molar-refractivity contribution in [3.63, 3.8) is 0 Å². The lowest BCUT2D eigenvalue weighted by molar-refractivity contribution is 0.425. The van der Waals surface area contributed by atoms with Crippen molar-refractivity contribution in [2.45, 2.75) is 64.8 Å². The van der Waals surface area contributed by atoms with Gasteiger partial charge in [0.2, 0.25) is 0 Å². The molecule has 2 heteroatoms. The molecule has 1 aromatic carbocycles. The lowest BCUT2D eigenvalue weighted by Gasteiger charge is -2.13. The number of hydrogen-bond acceptors (Lipinski definition) is 1. The van der Waals surface area contributed by atoms with Crippen LogP contribution in [0, 0.1) is 0 Å². The minimum absolute atomic E-state index is 0.846. The molecule has 0 saturated carbocycles. The highest BCUT2D eigenvalue weighted by Gasteiger charge is 2.01. The first kappa shape index (κ1) is 16.5. The molecule has 0 radical (unpaired) electrons. The number of benzene rings is 1. The number of unbranched alkanes of at least 4 members (excludes halogenated alkanes) is 7. The van der Waals surface area contributed by atoms with Crippen molar-refractivity contribution in [1.82, 2.24) is 4.42 Å². The summed E-state index contributed by atoms with van der Waals surface area (Å²) in [5.74, 6) is 0. The molecule has 19 heavy (non-hydrogen) atoms. The molecule has 1 nitrogen and oxygen atoms in total. The van der Waals surface area contributed by atoms with Crippen molar-refractivity contribution in [2.24, 2.45) is 0 Å². The van der Waals surface area contributed by atoms with E-state index in [1.54, 1.807) is 0 Å². The first-order valence-corrected chi connectivity index (χ1v) is 8.11. The second-order valence-corrected chi connectivity index (χ2v) is 5.78. The predicted molar refractivity (Wildman–Crippen MR) is 85.3 cm³/mol. The SMILES string of the molecule is CCCCCCCCCCN(Cl)Cc1ccccc1. The van der Waals surface area contributed by atoms with Crippen LogP contribution in [0.3, 0.4) is 0 Å². The molecule has 0 unspecified atom stereocenters. The van der Waals surface area contributed by atoms with Crippen LogP contribution in [-0.4, -0.2) is 11.0 Å². The van der Waals surface area contributed by atoms with Gasteiger partial charge in [0.25, 0.3) is 0 Å². The van der Waals surface area contributed by atoms with Crippen LogP contribution in [0.25, 0.3) is 0 Å². The van der Waals surface area contributed by atoms with Crippen molar-refractivity contribution in [2.75, 3.05) is 6.54 Å². The number of rotatable bonds is 11. The van der Waals surface area contributed by atoms with Gasteiger partial charge >= 0.3 is 0 Å². The largest absolute Gasteiger partial charge is 0.216 e. The predicted octanol–water partition coefficient (Wildman–Crippen LogP) is 5.78. The second kappa shape index (κ2) is 11.3. The van der Waals surface area contributed by atoms with E-state index in [2.05, 4.69) is 31.2 Å². The zero-order chi connectivity index (χ0) is 13.8. The topological polar surface area (TPSA) is 3.24 Å². The fourth-order valence-corrected chi connectivity index (χ4v) is 2.54. The standard InChI is InChI=1S/C17H28ClN/c1-2-3-4-5-6-7-8-12-15-19(18)16-17-13-10-9-11-14-17/h9-11,13-14H,2-8,12,15-16H2,1H3. The summed E-state index contributed by atoms with van der Waals surface area (Å²) in [7, 11) is 0. The molecular formula is C17H28ClN. The van der Waals surface area contributed by atoms with E-state index in [0.29, 0.717) is 0 Å². The zero-order valence-electron chi connectivity index (χ0n) is 12.3. The quantitative estimate of drug-likeness (QED) is 0.367. The summed E-state index contributed by atoms with van der Waals surface area (Å²) in [5.41, 5.74) is 1.29. The first-order valence-electron chi connectivity index (χ1n) is 7.77. The van der Waals surface area contributed by atoms with Crippen LogP contribution in [0.1, 0.15) is 63.9 Å². The molecule has 0 spiro atoms. The Balaban J connectivity index is 1.94. The Bertz CT molecular complexity index is 299. The van der Waals surface area contributed by atoms with Gasteiger partial charge in [-0.05, 0) is 23.8 Å². The van der Waals surface area contributed by atoms with Crippen LogP contribution in [0.5, 0.6) is 0 Å². The summed E-state index contributed by atoms with van der Waals surface area (Å²) < 4.78 is 1.91. The highest BCUT2D eigenvalue weighted by molar-refractivity contribution is 6.13. The van der Waals surface area contributed by atoms with Gasteiger partial charge in [0.05, 0.1) is 0 Å². The smallest absolute Gasteiger partial charge is 0.0389 e. The van der Waals surface area contributed by atoms with Crippen LogP contribution < -0.4 is 0 Å². The third kappa shape index (κ3) is 9.07. The molecule has 0 bridgehead atoms. The Morgan fingerprint density at radius 3 is 2.05 bits per heavy atom. The highest BCUT2D eigenvalue weighted by Crippen LogP contribution is 2.11. The van der Waals surface area contributed by atoms with E-state index in [1.807, 2.05) is 10.5 Å². The van der Waals surface area contributed by atoms with Crippen molar-refractivity contribution in [3.8, 4) is 0 Å². The normalized spacial score (nSPS) is 11.1. The Kier molecular flexibility index (Phi) is 9.84. The Labute approximate surface area is 124 Å². The third-order valence-electron chi connectivity index (χ3n) is 3.45. The number of nitrogens with zero attached hydrogens (tertiary/aromatic N) is 1. The maximum Gasteiger partial charge on any atom is 0.0389 e. The van der Waals surface area contributed by atoms with Crippen LogP contribution in [0.2, 0.25) is 0 Å². The first-order chi connectivity index (χ1) is 9.33. The molecule has 1 aromatic rings. The van der Waals surface area contributed by atoms with Gasteiger partial charge in [-0.1, -0.05) is 82.2 Å². The van der Waals surface area contributed by atoms with E-state index in [4.69, 9.17) is 11.8 Å². The van der Waals surface area contributed by atoms with Crippen molar-refractivity contribution in [3.05, 3.63) is 35.9 Å². The Morgan fingerprint density at radius 2 is 1.42 bits per heavy atom. The van der Waals surface area contributed by atoms with Crippen LogP contribution in [0.4, 0.5) is 0 Å². The van der Waals surface area contributed by atoms with Crippen LogP contribution >= 0.6 is 11.8 Å². The van der Waals surface area contributed by atoms with Gasteiger partial charge in [-0.25, -0.2) is 4.42 Å². The molecule has 0 aliphatic carbocycles. The fourth-order valence-electron chi connectivity index (χ4n) is 2.28. The van der Waals surface area contributed by atoms with Crippen molar-refractivity contribution < 1.29 is 0 Å². The van der Waals surface area contributed by atoms with Crippen LogP contribution in [-0.2, 0) is 6.54 Å². The summed E-state index contributed by atoms with van der Waals surface area (Å²) >= 11 is 6.23. The average Bonchev–Trinajstić information content (AvgIpc) is 2.43. The summed E-state index contributed by atoms with van der Waals surface area (Å²) in [6, 6.07) is 10.4. The molecule has 0 saturated heterocycles. The minimum atomic E-state index is 0.846. The van der Waals surface area contributed by atoms with Gasteiger partial charge in [-0.3, -0.25) is 0 Å². The molecular weight excluding hydrogens is 254 g/mol.